The number of carbonyl (C=O) groups is 1. The van der Waals surface area contributed by atoms with Crippen LogP contribution >= 0.6 is 104 Å². The third kappa shape index (κ3) is 8.66. The molecule has 3 rings (SSSR count). The molecule has 35 heavy (non-hydrogen) atoms. The molecule has 196 valence electrons. The normalized spacial score (nSPS) is 26.0. The highest BCUT2D eigenvalue weighted by atomic mass is 35.5. The molecule has 1 aliphatic rings. The highest BCUT2D eigenvalue weighted by Crippen LogP contribution is 2.40. The molecule has 0 radical (unpaired) electrons. The zero-order valence-electron chi connectivity index (χ0n) is 18.2. The third-order valence-corrected chi connectivity index (χ3v) is 9.70. The summed E-state index contributed by atoms with van der Waals surface area (Å²) in [5.41, 5.74) is 0. The van der Waals surface area contributed by atoms with Crippen LogP contribution in [-0.4, -0.2) is 72.4 Å². The van der Waals surface area contributed by atoms with Crippen LogP contribution in [0.1, 0.15) is 13.3 Å². The van der Waals surface area contributed by atoms with Crippen LogP contribution in [0.3, 0.4) is 0 Å². The number of amides is 1. The van der Waals surface area contributed by atoms with E-state index >= 15 is 0 Å². The lowest BCUT2D eigenvalue weighted by Gasteiger charge is -2.37. The number of alkyl halides is 6. The minimum Gasteiger partial charge on any atom is -0.489 e. The zero-order chi connectivity index (χ0) is 26.3. The number of nitrogens with zero attached hydrogens (tertiary/aromatic N) is 3. The summed E-state index contributed by atoms with van der Waals surface area (Å²) in [5.74, 6) is 0.365. The Labute approximate surface area is 249 Å². The molecule has 0 unspecified atom stereocenters. The Morgan fingerprint density at radius 3 is 1.80 bits per heavy atom. The van der Waals surface area contributed by atoms with Gasteiger partial charge in [-0.05, 0) is 18.6 Å². The SMILES string of the molecule is CCCN(CCOc1c(Cl)cc(Cl)cc1Cl)C(=O)n1ccnc1.ClC1C(Cl)C(Cl)C(Cl)C(Cl)C1Cl. The van der Waals surface area contributed by atoms with Crippen LogP contribution in [0.25, 0.3) is 0 Å². The zero-order valence-corrected chi connectivity index (χ0v) is 25.0. The number of halogens is 9. The standard InChI is InChI=1S/C15H16Cl3N3O2.C6H6Cl6/c1-2-4-20(15(22)21-5-3-19-10-21)6-7-23-14-12(17)8-11(16)9-13(14)18;7-1-2(8)4(10)6(12)5(11)3(1)9/h3,5,8-10H,2,4,6-7H2,1H3;1-6H. The van der Waals surface area contributed by atoms with Gasteiger partial charge >= 0.3 is 6.03 Å². The van der Waals surface area contributed by atoms with Crippen LogP contribution in [0.4, 0.5) is 4.79 Å². The van der Waals surface area contributed by atoms with Gasteiger partial charge in [0, 0.05) is 24.0 Å². The lowest BCUT2D eigenvalue weighted by atomic mass is 9.97. The maximum Gasteiger partial charge on any atom is 0.329 e. The van der Waals surface area contributed by atoms with Crippen LogP contribution < -0.4 is 4.74 Å². The summed E-state index contributed by atoms with van der Waals surface area (Å²) >= 11 is 53.3. The molecule has 1 heterocycles. The van der Waals surface area contributed by atoms with Crippen molar-refractivity contribution < 1.29 is 9.53 Å². The van der Waals surface area contributed by atoms with E-state index < -0.39 is 32.3 Å². The molecule has 5 nitrogen and oxygen atoms in total. The summed E-state index contributed by atoms with van der Waals surface area (Å²) in [4.78, 5) is 17.9. The van der Waals surface area contributed by atoms with Gasteiger partial charge in [-0.1, -0.05) is 41.7 Å². The van der Waals surface area contributed by atoms with Gasteiger partial charge in [-0.15, -0.1) is 69.6 Å². The maximum atomic E-state index is 12.3. The molecular weight excluding hydrogens is 645 g/mol. The van der Waals surface area contributed by atoms with E-state index in [1.54, 1.807) is 29.4 Å². The first-order valence-corrected chi connectivity index (χ1v) is 14.1. The first-order chi connectivity index (χ1) is 16.5. The molecule has 0 bridgehead atoms. The summed E-state index contributed by atoms with van der Waals surface area (Å²) < 4.78 is 7.05. The van der Waals surface area contributed by atoms with Crippen molar-refractivity contribution in [1.29, 1.82) is 0 Å². The summed E-state index contributed by atoms with van der Waals surface area (Å²) in [6.07, 6.45) is 5.48. The number of hydrogen-bond donors (Lipinski definition) is 0. The average Bonchev–Trinajstić information content (AvgIpc) is 3.36. The molecule has 1 aromatic carbocycles. The van der Waals surface area contributed by atoms with Crippen LogP contribution in [0.15, 0.2) is 30.9 Å². The summed E-state index contributed by atoms with van der Waals surface area (Å²) in [5, 5.41) is -1.50. The van der Waals surface area contributed by atoms with E-state index in [9.17, 15) is 4.79 Å². The molecule has 0 spiro atoms. The third-order valence-electron chi connectivity index (χ3n) is 4.89. The highest BCUT2D eigenvalue weighted by Gasteiger charge is 2.46. The van der Waals surface area contributed by atoms with Gasteiger partial charge in [-0.3, -0.25) is 4.57 Å². The van der Waals surface area contributed by atoms with Gasteiger partial charge in [0.1, 0.15) is 12.9 Å². The van der Waals surface area contributed by atoms with Crippen molar-refractivity contribution in [2.45, 2.75) is 45.6 Å². The summed E-state index contributed by atoms with van der Waals surface area (Å²) in [6, 6.07) is 2.97. The van der Waals surface area contributed by atoms with E-state index in [4.69, 9.17) is 109 Å². The first kappa shape index (κ1) is 31.5. The fourth-order valence-electron chi connectivity index (χ4n) is 3.09. The summed E-state index contributed by atoms with van der Waals surface area (Å²) in [7, 11) is 0. The topological polar surface area (TPSA) is 47.4 Å². The smallest absolute Gasteiger partial charge is 0.329 e. The second-order valence-electron chi connectivity index (χ2n) is 7.45. The number of benzene rings is 1. The Bertz CT molecular complexity index is 869. The number of ether oxygens (including phenoxy) is 1. The minimum absolute atomic E-state index is 0.152. The van der Waals surface area contributed by atoms with E-state index in [1.165, 1.54) is 10.9 Å². The van der Waals surface area contributed by atoms with Crippen LogP contribution in [0.2, 0.25) is 15.1 Å². The van der Waals surface area contributed by atoms with Crippen LogP contribution in [-0.2, 0) is 0 Å². The molecule has 1 saturated carbocycles. The molecule has 1 aliphatic carbocycles. The second kappa shape index (κ2) is 15.0. The highest BCUT2D eigenvalue weighted by molar-refractivity contribution is 6.45. The molecule has 1 fully saturated rings. The number of aromatic nitrogens is 2. The van der Waals surface area contributed by atoms with Gasteiger partial charge in [0.25, 0.3) is 0 Å². The molecule has 0 atom stereocenters. The van der Waals surface area contributed by atoms with Crippen molar-refractivity contribution >= 4 is 110 Å². The fourth-order valence-corrected chi connectivity index (χ4v) is 6.34. The largest absolute Gasteiger partial charge is 0.489 e. The number of imidazole rings is 1. The molecular formula is C21H22Cl9N3O2. The van der Waals surface area contributed by atoms with Crippen molar-refractivity contribution in [3.63, 3.8) is 0 Å². The van der Waals surface area contributed by atoms with Crippen LogP contribution in [0.5, 0.6) is 5.75 Å². The minimum atomic E-state index is -0.437. The van der Waals surface area contributed by atoms with Crippen molar-refractivity contribution in [2.24, 2.45) is 0 Å². The van der Waals surface area contributed by atoms with Crippen molar-refractivity contribution in [3.8, 4) is 5.75 Å². The van der Waals surface area contributed by atoms with E-state index in [0.29, 0.717) is 33.9 Å². The number of carbonyl (C=O) groups excluding carboxylic acids is 1. The molecule has 2 aromatic rings. The van der Waals surface area contributed by atoms with E-state index in [1.807, 2.05) is 6.92 Å². The van der Waals surface area contributed by atoms with Gasteiger partial charge in [0.05, 0.1) is 48.9 Å². The maximum absolute atomic E-state index is 12.3. The van der Waals surface area contributed by atoms with E-state index in [-0.39, 0.29) is 12.6 Å². The Morgan fingerprint density at radius 1 is 0.914 bits per heavy atom. The second-order valence-corrected chi connectivity index (χ2v) is 11.7. The Kier molecular flexibility index (Phi) is 13.5. The summed E-state index contributed by atoms with van der Waals surface area (Å²) in [6.45, 7) is 3.28. The first-order valence-electron chi connectivity index (χ1n) is 10.4. The predicted octanol–water partition coefficient (Wildman–Crippen LogP) is 8.25. The molecule has 0 saturated heterocycles. The quantitative estimate of drug-likeness (QED) is 0.292. The monoisotopic (exact) mass is 663 g/mol. The fraction of sp³-hybridized carbons (Fsp3) is 0.524. The Balaban J connectivity index is 0.000000303. The van der Waals surface area contributed by atoms with Gasteiger partial charge in [-0.25, -0.2) is 9.78 Å². The lowest BCUT2D eigenvalue weighted by molar-refractivity contribution is 0.184. The van der Waals surface area contributed by atoms with Crippen molar-refractivity contribution in [2.75, 3.05) is 19.7 Å². The molecule has 14 heteroatoms. The number of rotatable bonds is 6. The van der Waals surface area contributed by atoms with Crippen molar-refractivity contribution in [1.82, 2.24) is 14.5 Å². The molecule has 0 aliphatic heterocycles. The predicted molar refractivity (Wildman–Crippen MR) is 150 cm³/mol. The van der Waals surface area contributed by atoms with Gasteiger partial charge < -0.3 is 9.64 Å². The van der Waals surface area contributed by atoms with E-state index in [0.717, 1.165) is 6.42 Å². The molecule has 1 aromatic heterocycles. The Hall–Kier alpha value is 0.310. The van der Waals surface area contributed by atoms with Gasteiger partial charge in [0.2, 0.25) is 0 Å². The number of hydrogen-bond acceptors (Lipinski definition) is 3. The van der Waals surface area contributed by atoms with Crippen LogP contribution in [0, 0.1) is 0 Å². The Morgan fingerprint density at radius 2 is 1.40 bits per heavy atom. The molecule has 0 N–H and O–H groups in total. The average molecular weight is 668 g/mol. The van der Waals surface area contributed by atoms with Gasteiger partial charge in [0.15, 0.2) is 5.75 Å². The molecule has 1 amide bonds. The van der Waals surface area contributed by atoms with Crippen molar-refractivity contribution in [3.05, 3.63) is 45.9 Å². The lowest BCUT2D eigenvalue weighted by Crippen LogP contribution is -2.52. The van der Waals surface area contributed by atoms with Gasteiger partial charge in [-0.2, -0.15) is 0 Å². The van der Waals surface area contributed by atoms with E-state index in [2.05, 4.69) is 4.98 Å².